The van der Waals surface area contributed by atoms with Gasteiger partial charge in [-0.2, -0.15) is 0 Å². The van der Waals surface area contributed by atoms with Gasteiger partial charge in [-0.1, -0.05) is 30.3 Å². The second-order valence-electron chi connectivity index (χ2n) is 6.54. The van der Waals surface area contributed by atoms with Gasteiger partial charge in [-0.25, -0.2) is 0 Å². The average molecular weight is 301 g/mol. The molecular formula is C18H27N3O. The van der Waals surface area contributed by atoms with Crippen LogP contribution in [0.25, 0.3) is 0 Å². The zero-order valence-electron chi connectivity index (χ0n) is 13.3. The van der Waals surface area contributed by atoms with Crippen LogP contribution in [0.15, 0.2) is 30.3 Å². The number of rotatable bonds is 5. The van der Waals surface area contributed by atoms with E-state index >= 15 is 0 Å². The maximum Gasteiger partial charge on any atom is 0.222 e. The highest BCUT2D eigenvalue weighted by Crippen LogP contribution is 2.16. The van der Waals surface area contributed by atoms with Gasteiger partial charge in [0.15, 0.2) is 0 Å². The Labute approximate surface area is 133 Å². The Bertz CT molecular complexity index is 462. The highest BCUT2D eigenvalue weighted by Gasteiger charge is 2.22. The molecular weight excluding hydrogens is 274 g/mol. The van der Waals surface area contributed by atoms with Gasteiger partial charge >= 0.3 is 0 Å². The first-order valence-corrected chi connectivity index (χ1v) is 8.56. The summed E-state index contributed by atoms with van der Waals surface area (Å²) in [5.41, 5.74) is 1.36. The zero-order valence-corrected chi connectivity index (χ0v) is 13.3. The maximum absolute atomic E-state index is 12.3. The highest BCUT2D eigenvalue weighted by molar-refractivity contribution is 5.76. The molecule has 1 unspecified atom stereocenters. The number of piperazine rings is 1. The molecule has 0 spiro atoms. The van der Waals surface area contributed by atoms with Crippen LogP contribution in [0.1, 0.15) is 24.8 Å². The van der Waals surface area contributed by atoms with Gasteiger partial charge in [-0.3, -0.25) is 9.69 Å². The molecule has 4 nitrogen and oxygen atoms in total. The fourth-order valence-electron chi connectivity index (χ4n) is 3.44. The summed E-state index contributed by atoms with van der Waals surface area (Å²) < 4.78 is 0. The fraction of sp³-hybridized carbons (Fsp3) is 0.611. The summed E-state index contributed by atoms with van der Waals surface area (Å²) in [5, 5.41) is 3.37. The van der Waals surface area contributed by atoms with E-state index in [2.05, 4.69) is 45.4 Å². The molecule has 0 saturated carbocycles. The lowest BCUT2D eigenvalue weighted by Gasteiger charge is -2.35. The van der Waals surface area contributed by atoms with Crippen molar-refractivity contribution < 1.29 is 4.79 Å². The number of benzene rings is 1. The van der Waals surface area contributed by atoms with E-state index in [0.717, 1.165) is 58.7 Å². The monoisotopic (exact) mass is 301 g/mol. The van der Waals surface area contributed by atoms with Crippen LogP contribution in [-0.2, 0) is 11.3 Å². The van der Waals surface area contributed by atoms with Crippen LogP contribution >= 0.6 is 0 Å². The largest absolute Gasteiger partial charge is 0.340 e. The molecule has 2 aliphatic rings. The van der Waals surface area contributed by atoms with Gasteiger partial charge in [0, 0.05) is 39.1 Å². The Hall–Kier alpha value is -1.39. The van der Waals surface area contributed by atoms with Crippen LogP contribution in [0.5, 0.6) is 0 Å². The van der Waals surface area contributed by atoms with E-state index in [-0.39, 0.29) is 0 Å². The lowest BCUT2D eigenvalue weighted by atomic mass is 10.0. The Kier molecular flexibility index (Phi) is 5.46. The summed E-state index contributed by atoms with van der Waals surface area (Å²) in [6.45, 7) is 6.96. The quantitative estimate of drug-likeness (QED) is 0.899. The van der Waals surface area contributed by atoms with E-state index in [1.165, 1.54) is 12.0 Å². The molecule has 0 bridgehead atoms. The number of carbonyl (C=O) groups is 1. The zero-order chi connectivity index (χ0) is 15.2. The second kappa shape index (κ2) is 7.75. The van der Waals surface area contributed by atoms with Crippen molar-refractivity contribution in [2.75, 3.05) is 39.3 Å². The number of hydrogen-bond acceptors (Lipinski definition) is 3. The molecule has 2 aliphatic heterocycles. The molecule has 4 heteroatoms. The van der Waals surface area contributed by atoms with E-state index in [1.54, 1.807) is 0 Å². The van der Waals surface area contributed by atoms with Crippen LogP contribution < -0.4 is 5.32 Å². The van der Waals surface area contributed by atoms with Crippen LogP contribution in [0, 0.1) is 5.92 Å². The number of hydrogen-bond donors (Lipinski definition) is 1. The minimum Gasteiger partial charge on any atom is -0.340 e. The highest BCUT2D eigenvalue weighted by atomic mass is 16.2. The van der Waals surface area contributed by atoms with E-state index in [1.807, 2.05) is 0 Å². The molecule has 1 aromatic rings. The SMILES string of the molecule is O=C(CCC1CCNC1)N1CCN(Cc2ccccc2)CC1. The molecule has 22 heavy (non-hydrogen) atoms. The van der Waals surface area contributed by atoms with Crippen LogP contribution in [0.3, 0.4) is 0 Å². The van der Waals surface area contributed by atoms with Gasteiger partial charge in [-0.05, 0) is 37.4 Å². The van der Waals surface area contributed by atoms with Gasteiger partial charge in [0.1, 0.15) is 0 Å². The fourth-order valence-corrected chi connectivity index (χ4v) is 3.44. The Morgan fingerprint density at radius 1 is 1.14 bits per heavy atom. The molecule has 0 radical (unpaired) electrons. The molecule has 1 N–H and O–H groups in total. The molecule has 120 valence electrons. The third kappa shape index (κ3) is 4.31. The Balaban J connectivity index is 1.38. The van der Waals surface area contributed by atoms with Crippen LogP contribution in [-0.4, -0.2) is 55.0 Å². The van der Waals surface area contributed by atoms with E-state index in [4.69, 9.17) is 0 Å². The molecule has 2 saturated heterocycles. The van der Waals surface area contributed by atoms with Crippen molar-refractivity contribution in [3.8, 4) is 0 Å². The summed E-state index contributed by atoms with van der Waals surface area (Å²) in [7, 11) is 0. The topological polar surface area (TPSA) is 35.6 Å². The first-order chi connectivity index (χ1) is 10.8. The van der Waals surface area contributed by atoms with Gasteiger partial charge in [0.05, 0.1) is 0 Å². The average Bonchev–Trinajstić information content (AvgIpc) is 3.08. The van der Waals surface area contributed by atoms with Crippen molar-refractivity contribution in [3.05, 3.63) is 35.9 Å². The van der Waals surface area contributed by atoms with E-state index in [0.29, 0.717) is 11.8 Å². The molecule has 3 rings (SSSR count). The van der Waals surface area contributed by atoms with Crippen molar-refractivity contribution in [1.82, 2.24) is 15.1 Å². The number of nitrogens with one attached hydrogen (secondary N) is 1. The lowest BCUT2D eigenvalue weighted by Crippen LogP contribution is -2.48. The molecule has 1 aromatic carbocycles. The molecule has 2 fully saturated rings. The van der Waals surface area contributed by atoms with Gasteiger partial charge in [0.2, 0.25) is 5.91 Å². The molecule has 1 atom stereocenters. The number of amides is 1. The predicted octanol–water partition coefficient (Wildman–Crippen LogP) is 1.72. The third-order valence-corrected chi connectivity index (χ3v) is 4.90. The standard InChI is InChI=1S/C18H27N3O/c22-18(7-6-16-8-9-19-14-16)21-12-10-20(11-13-21)15-17-4-2-1-3-5-17/h1-5,16,19H,6-15H2. The summed E-state index contributed by atoms with van der Waals surface area (Å²) in [6.07, 6.45) is 3.01. The summed E-state index contributed by atoms with van der Waals surface area (Å²) in [4.78, 5) is 16.8. The molecule has 0 aromatic heterocycles. The number of carbonyl (C=O) groups excluding carboxylic acids is 1. The van der Waals surface area contributed by atoms with Gasteiger partial charge in [0.25, 0.3) is 0 Å². The van der Waals surface area contributed by atoms with Gasteiger partial charge in [-0.15, -0.1) is 0 Å². The Morgan fingerprint density at radius 3 is 2.59 bits per heavy atom. The van der Waals surface area contributed by atoms with Gasteiger partial charge < -0.3 is 10.2 Å². The van der Waals surface area contributed by atoms with Crippen molar-refractivity contribution in [2.45, 2.75) is 25.8 Å². The summed E-state index contributed by atoms with van der Waals surface area (Å²) in [6, 6.07) is 10.6. The predicted molar refractivity (Wildman–Crippen MR) is 88.5 cm³/mol. The van der Waals surface area contributed by atoms with Crippen molar-refractivity contribution in [1.29, 1.82) is 0 Å². The van der Waals surface area contributed by atoms with Crippen LogP contribution in [0.2, 0.25) is 0 Å². The maximum atomic E-state index is 12.3. The third-order valence-electron chi connectivity index (χ3n) is 4.90. The first-order valence-electron chi connectivity index (χ1n) is 8.56. The smallest absolute Gasteiger partial charge is 0.222 e. The summed E-state index contributed by atoms with van der Waals surface area (Å²) in [5.74, 6) is 1.06. The number of nitrogens with zero attached hydrogens (tertiary/aromatic N) is 2. The van der Waals surface area contributed by atoms with E-state index < -0.39 is 0 Å². The lowest BCUT2D eigenvalue weighted by molar-refractivity contribution is -0.133. The normalized spacial score (nSPS) is 22.9. The second-order valence-corrected chi connectivity index (χ2v) is 6.54. The van der Waals surface area contributed by atoms with Crippen molar-refractivity contribution >= 4 is 5.91 Å². The molecule has 2 heterocycles. The van der Waals surface area contributed by atoms with E-state index in [9.17, 15) is 4.79 Å². The summed E-state index contributed by atoms with van der Waals surface area (Å²) >= 11 is 0. The molecule has 1 amide bonds. The van der Waals surface area contributed by atoms with Crippen molar-refractivity contribution in [3.63, 3.8) is 0 Å². The minimum atomic E-state index is 0.353. The minimum absolute atomic E-state index is 0.353. The Morgan fingerprint density at radius 2 is 1.91 bits per heavy atom. The van der Waals surface area contributed by atoms with Crippen molar-refractivity contribution in [2.24, 2.45) is 5.92 Å². The first kappa shape index (κ1) is 15.5. The molecule has 0 aliphatic carbocycles. The van der Waals surface area contributed by atoms with Crippen LogP contribution in [0.4, 0.5) is 0 Å².